The Labute approximate surface area is 41.7 Å². The molecular formula is C4H8N3+. The average Bonchev–Trinajstić information content (AvgIpc) is 1.87. The zero-order valence-corrected chi connectivity index (χ0v) is 4.18. The Hall–Kier alpha value is -0.990. The first kappa shape index (κ1) is 4.18. The molecule has 0 unspecified atom stereocenters. The maximum absolute atomic E-state index is 5.33. The number of nitrogens with zero attached hydrogens (tertiary/aromatic N) is 1. The molecule has 3 nitrogen and oxygen atoms in total. The number of aryl methyl sites for hydroxylation is 1. The van der Waals surface area contributed by atoms with Gasteiger partial charge < -0.3 is 5.73 Å². The van der Waals surface area contributed by atoms with E-state index in [0.29, 0.717) is 0 Å². The van der Waals surface area contributed by atoms with Gasteiger partial charge in [0.2, 0.25) is 6.20 Å². The highest BCUT2D eigenvalue weighted by atomic mass is 15.2. The number of hydrogen-bond donors (Lipinski definition) is 2. The van der Waals surface area contributed by atoms with Gasteiger partial charge in [-0.25, -0.2) is 0 Å². The number of nitrogens with two attached hydrogens (primary N) is 1. The van der Waals surface area contributed by atoms with Gasteiger partial charge in [0.15, 0.2) is 7.05 Å². The van der Waals surface area contributed by atoms with Crippen LogP contribution >= 0.6 is 0 Å². The molecule has 7 heavy (non-hydrogen) atoms. The lowest BCUT2D eigenvalue weighted by atomic mass is 10.6. The van der Waals surface area contributed by atoms with Gasteiger partial charge in [0.1, 0.15) is 5.69 Å². The molecule has 0 spiro atoms. The van der Waals surface area contributed by atoms with Gasteiger partial charge >= 0.3 is 0 Å². The standard InChI is InChI=1S/C4H7N3/c1-7-3-4(5)2-6-7/h2-3H,5H2,1H3/p+1. The third-order valence-corrected chi connectivity index (χ3v) is 0.778. The second kappa shape index (κ2) is 1.26. The number of nitrogen functional groups attached to an aromatic ring is 1. The number of rotatable bonds is 0. The number of H-pyrrole nitrogens is 1. The van der Waals surface area contributed by atoms with Crippen molar-refractivity contribution in [1.82, 2.24) is 5.10 Å². The van der Waals surface area contributed by atoms with Crippen molar-refractivity contribution in [3.05, 3.63) is 12.4 Å². The monoisotopic (exact) mass is 98.1 g/mol. The van der Waals surface area contributed by atoms with Crippen LogP contribution in [-0.2, 0) is 7.05 Å². The molecule has 3 N–H and O–H groups in total. The van der Waals surface area contributed by atoms with E-state index in [1.807, 2.05) is 7.05 Å². The van der Waals surface area contributed by atoms with E-state index in [1.165, 1.54) is 0 Å². The summed E-state index contributed by atoms with van der Waals surface area (Å²) in [5, 5.41) is 2.86. The molecule has 0 amide bonds. The van der Waals surface area contributed by atoms with Crippen LogP contribution in [0.3, 0.4) is 0 Å². The van der Waals surface area contributed by atoms with Gasteiger partial charge in [0, 0.05) is 0 Å². The molecule has 0 aliphatic heterocycles. The summed E-state index contributed by atoms with van der Waals surface area (Å²) in [6, 6.07) is 0. The van der Waals surface area contributed by atoms with Gasteiger partial charge in [0.05, 0.1) is 6.20 Å². The van der Waals surface area contributed by atoms with Crippen LogP contribution in [0.4, 0.5) is 5.69 Å². The summed E-state index contributed by atoms with van der Waals surface area (Å²) in [4.78, 5) is 0. The first-order chi connectivity index (χ1) is 3.29. The Morgan fingerprint density at radius 2 is 2.57 bits per heavy atom. The molecule has 0 atom stereocenters. The first-order valence-corrected chi connectivity index (χ1v) is 2.08. The van der Waals surface area contributed by atoms with Crippen molar-refractivity contribution in [2.24, 2.45) is 7.05 Å². The first-order valence-electron chi connectivity index (χ1n) is 2.08. The fraction of sp³-hybridized carbons (Fsp3) is 0.250. The lowest BCUT2D eigenvalue weighted by Crippen LogP contribution is -2.27. The van der Waals surface area contributed by atoms with E-state index in [-0.39, 0.29) is 0 Å². The summed E-state index contributed by atoms with van der Waals surface area (Å²) in [5.41, 5.74) is 6.09. The second-order valence-corrected chi connectivity index (χ2v) is 1.51. The molecule has 38 valence electrons. The minimum Gasteiger partial charge on any atom is -0.392 e. The fourth-order valence-electron chi connectivity index (χ4n) is 0.474. The summed E-state index contributed by atoms with van der Waals surface area (Å²) in [6.07, 6.45) is 3.54. The predicted octanol–water partition coefficient (Wildman–Crippen LogP) is -0.579. The van der Waals surface area contributed by atoms with Crippen LogP contribution in [0.15, 0.2) is 12.4 Å². The van der Waals surface area contributed by atoms with E-state index >= 15 is 0 Å². The topological polar surface area (TPSA) is 45.7 Å². The molecule has 0 saturated carbocycles. The van der Waals surface area contributed by atoms with Crippen molar-refractivity contribution in [1.29, 1.82) is 0 Å². The summed E-state index contributed by atoms with van der Waals surface area (Å²) in [7, 11) is 1.89. The number of anilines is 1. The van der Waals surface area contributed by atoms with E-state index in [4.69, 9.17) is 5.73 Å². The van der Waals surface area contributed by atoms with Crippen LogP contribution in [0.1, 0.15) is 0 Å². The van der Waals surface area contributed by atoms with E-state index in [2.05, 4.69) is 5.10 Å². The van der Waals surface area contributed by atoms with Crippen molar-refractivity contribution in [2.45, 2.75) is 0 Å². The summed E-state index contributed by atoms with van der Waals surface area (Å²) in [5.74, 6) is 0. The number of nitrogens with one attached hydrogen (secondary N) is 1. The van der Waals surface area contributed by atoms with E-state index in [0.717, 1.165) is 5.69 Å². The molecule has 0 bridgehead atoms. The molecule has 3 heteroatoms. The Balaban J connectivity index is 3.04. The number of aromatic nitrogens is 2. The maximum atomic E-state index is 5.33. The van der Waals surface area contributed by atoms with Crippen LogP contribution in [0.5, 0.6) is 0 Å². The van der Waals surface area contributed by atoms with Crippen LogP contribution in [0.2, 0.25) is 0 Å². The van der Waals surface area contributed by atoms with Crippen molar-refractivity contribution in [2.75, 3.05) is 5.73 Å². The highest BCUT2D eigenvalue weighted by Crippen LogP contribution is 1.87. The Morgan fingerprint density at radius 1 is 1.86 bits per heavy atom. The lowest BCUT2D eigenvalue weighted by molar-refractivity contribution is -0.726. The molecule has 1 rings (SSSR count). The molecule has 1 aromatic rings. The van der Waals surface area contributed by atoms with Gasteiger partial charge in [0.25, 0.3) is 0 Å². The Kier molecular flexibility index (Phi) is 0.749. The van der Waals surface area contributed by atoms with Crippen LogP contribution in [-0.4, -0.2) is 5.10 Å². The second-order valence-electron chi connectivity index (χ2n) is 1.51. The van der Waals surface area contributed by atoms with Gasteiger partial charge in [-0.05, 0) is 0 Å². The molecule has 0 radical (unpaired) electrons. The molecule has 0 aliphatic rings. The van der Waals surface area contributed by atoms with Crippen molar-refractivity contribution in [3.63, 3.8) is 0 Å². The highest BCUT2D eigenvalue weighted by Gasteiger charge is 1.90. The Bertz CT molecular complexity index is 139. The number of hydrogen-bond acceptors (Lipinski definition) is 1. The van der Waals surface area contributed by atoms with Gasteiger partial charge in [-0.2, -0.15) is 5.10 Å². The summed E-state index contributed by atoms with van der Waals surface area (Å²) >= 11 is 0. The quantitative estimate of drug-likeness (QED) is 0.419. The molecule has 0 aromatic carbocycles. The van der Waals surface area contributed by atoms with E-state index < -0.39 is 0 Å². The minimum atomic E-state index is 0.766. The molecule has 0 aliphatic carbocycles. The van der Waals surface area contributed by atoms with Crippen LogP contribution in [0, 0.1) is 0 Å². The smallest absolute Gasteiger partial charge is 0.217 e. The van der Waals surface area contributed by atoms with Gasteiger partial charge in [-0.15, -0.1) is 4.68 Å². The van der Waals surface area contributed by atoms with Crippen LogP contribution < -0.4 is 10.4 Å². The molecule has 1 heterocycles. The van der Waals surface area contributed by atoms with E-state index in [1.54, 1.807) is 17.1 Å². The Morgan fingerprint density at radius 3 is 2.71 bits per heavy atom. The molecule has 0 saturated heterocycles. The predicted molar refractivity (Wildman–Crippen MR) is 26.4 cm³/mol. The normalized spacial score (nSPS) is 9.29. The van der Waals surface area contributed by atoms with Crippen molar-refractivity contribution in [3.8, 4) is 0 Å². The maximum Gasteiger partial charge on any atom is 0.217 e. The van der Waals surface area contributed by atoms with Gasteiger partial charge in [-0.3, -0.25) is 0 Å². The third kappa shape index (κ3) is 0.707. The summed E-state index contributed by atoms with van der Waals surface area (Å²) in [6.45, 7) is 0. The third-order valence-electron chi connectivity index (χ3n) is 0.778. The van der Waals surface area contributed by atoms with Crippen molar-refractivity contribution >= 4 is 5.69 Å². The molecular weight excluding hydrogens is 90.1 g/mol. The fourth-order valence-corrected chi connectivity index (χ4v) is 0.474. The number of aromatic amines is 1. The lowest BCUT2D eigenvalue weighted by Gasteiger charge is -1.66. The van der Waals surface area contributed by atoms with Crippen LogP contribution in [0.25, 0.3) is 0 Å². The van der Waals surface area contributed by atoms with Gasteiger partial charge in [-0.1, -0.05) is 0 Å². The SMILES string of the molecule is C[n+]1cc(N)c[nH]1. The molecule has 1 aromatic heterocycles. The van der Waals surface area contributed by atoms with E-state index in [9.17, 15) is 0 Å². The molecule has 0 fully saturated rings. The largest absolute Gasteiger partial charge is 0.392 e. The minimum absolute atomic E-state index is 0.766. The zero-order valence-electron chi connectivity index (χ0n) is 4.18. The highest BCUT2D eigenvalue weighted by molar-refractivity contribution is 5.27. The van der Waals surface area contributed by atoms with Crippen molar-refractivity contribution < 1.29 is 4.68 Å². The average molecular weight is 98.1 g/mol. The summed E-state index contributed by atoms with van der Waals surface area (Å²) < 4.78 is 1.79. The zero-order chi connectivity index (χ0) is 5.28.